The van der Waals surface area contributed by atoms with E-state index in [-0.39, 0.29) is 10.8 Å². The zero-order valence-electron chi connectivity index (χ0n) is 33.5. The molecular formula is C54H36N4O2. The Hall–Kier alpha value is -7.80. The molecule has 0 radical (unpaired) electrons. The van der Waals surface area contributed by atoms with Crippen molar-refractivity contribution in [2.75, 3.05) is 9.80 Å². The third-order valence-electron chi connectivity index (χ3n) is 13.2. The average Bonchev–Trinajstić information content (AvgIpc) is 3.82. The molecule has 0 amide bonds. The van der Waals surface area contributed by atoms with Crippen molar-refractivity contribution in [2.24, 2.45) is 0 Å². The molecule has 0 saturated heterocycles. The molecule has 0 fully saturated rings. The number of hydrogen-bond donors (Lipinski definition) is 0. The minimum Gasteiger partial charge on any atom is -0.456 e. The smallest absolute Gasteiger partial charge is 0.197 e. The molecule has 0 spiro atoms. The van der Waals surface area contributed by atoms with Crippen LogP contribution in [0.5, 0.6) is 0 Å². The van der Waals surface area contributed by atoms with Crippen molar-refractivity contribution in [1.82, 2.24) is 0 Å². The summed E-state index contributed by atoms with van der Waals surface area (Å²) in [5, 5.41) is 16.7. The summed E-state index contributed by atoms with van der Waals surface area (Å²) in [6.07, 6.45) is 0. The molecule has 2 aliphatic rings. The van der Waals surface area contributed by atoms with Crippen LogP contribution >= 0.6 is 0 Å². The van der Waals surface area contributed by atoms with Crippen LogP contribution < -0.4 is 9.80 Å². The van der Waals surface area contributed by atoms with Gasteiger partial charge in [-0.05, 0) is 93.7 Å². The van der Waals surface area contributed by atoms with E-state index >= 15 is 0 Å². The fraction of sp³-hybridized carbons (Fsp3) is 0.111. The third kappa shape index (κ3) is 4.51. The van der Waals surface area contributed by atoms with Crippen molar-refractivity contribution in [1.29, 1.82) is 5.26 Å². The molecule has 0 aliphatic carbocycles. The van der Waals surface area contributed by atoms with Gasteiger partial charge in [0.1, 0.15) is 22.3 Å². The summed E-state index contributed by atoms with van der Waals surface area (Å²) in [7, 11) is 0. The summed E-state index contributed by atoms with van der Waals surface area (Å²) in [6.45, 7) is 17.7. The first-order valence-corrected chi connectivity index (χ1v) is 20.3. The second kappa shape index (κ2) is 11.9. The van der Waals surface area contributed by atoms with E-state index in [0.717, 1.165) is 99.9 Å². The van der Waals surface area contributed by atoms with Gasteiger partial charge in [0.05, 0.1) is 41.0 Å². The van der Waals surface area contributed by atoms with Crippen molar-refractivity contribution < 1.29 is 8.83 Å². The molecule has 4 heterocycles. The van der Waals surface area contributed by atoms with E-state index in [1.807, 2.05) is 48.5 Å². The van der Waals surface area contributed by atoms with Gasteiger partial charge >= 0.3 is 0 Å². The van der Waals surface area contributed by atoms with E-state index in [2.05, 4.69) is 145 Å². The monoisotopic (exact) mass is 772 g/mol. The van der Waals surface area contributed by atoms with Gasteiger partial charge in [0.25, 0.3) is 0 Å². The van der Waals surface area contributed by atoms with Crippen LogP contribution in [0.25, 0.3) is 59.5 Å². The first kappa shape index (κ1) is 34.3. The number of nitrogens with zero attached hydrogens (tertiary/aromatic N) is 4. The molecule has 2 aliphatic heterocycles. The molecule has 0 saturated carbocycles. The molecule has 10 aromatic rings. The Morgan fingerprint density at radius 3 is 1.45 bits per heavy atom. The highest BCUT2D eigenvalue weighted by molar-refractivity contribution is 6.10. The molecule has 0 N–H and O–H groups in total. The highest BCUT2D eigenvalue weighted by Crippen LogP contribution is 2.57. The molecule has 8 aromatic carbocycles. The SMILES string of the molecule is [C-]#[N+]c1cc(N2c3ccccc3C(C)(C)c3cc4c(cc32)oc2ccccc24)cc2c(C#N)cc(N3c4ccccc4C(C)(C)c4cc5c(cc43)oc3ccccc35)cc12. The highest BCUT2D eigenvalue weighted by atomic mass is 16.3. The van der Waals surface area contributed by atoms with Crippen molar-refractivity contribution in [2.45, 2.75) is 38.5 Å². The number of anilines is 6. The van der Waals surface area contributed by atoms with Crippen LogP contribution in [0.2, 0.25) is 0 Å². The number of para-hydroxylation sites is 4. The molecule has 0 bridgehead atoms. The van der Waals surface area contributed by atoms with Gasteiger partial charge in [-0.1, -0.05) is 100 Å². The van der Waals surface area contributed by atoms with Crippen molar-refractivity contribution in [3.8, 4) is 6.07 Å². The molecule has 2 aromatic heterocycles. The molecule has 12 rings (SSSR count). The van der Waals surface area contributed by atoms with Crippen LogP contribution in [0.4, 0.5) is 39.8 Å². The van der Waals surface area contributed by atoms with Gasteiger partial charge in [0.15, 0.2) is 5.69 Å². The van der Waals surface area contributed by atoms with Gasteiger partial charge in [-0.2, -0.15) is 5.26 Å². The lowest BCUT2D eigenvalue weighted by Crippen LogP contribution is -2.30. The maximum atomic E-state index is 11.0. The number of hydrogen-bond acceptors (Lipinski definition) is 5. The molecule has 60 heavy (non-hydrogen) atoms. The van der Waals surface area contributed by atoms with E-state index in [1.54, 1.807) is 0 Å². The maximum absolute atomic E-state index is 11.0. The van der Waals surface area contributed by atoms with E-state index in [1.165, 1.54) is 11.1 Å². The lowest BCUT2D eigenvalue weighted by atomic mass is 9.73. The number of nitriles is 1. The Kier molecular flexibility index (Phi) is 6.79. The first-order valence-electron chi connectivity index (χ1n) is 20.3. The Morgan fingerprint density at radius 2 is 0.933 bits per heavy atom. The van der Waals surface area contributed by atoms with Crippen LogP contribution in [-0.2, 0) is 10.8 Å². The predicted octanol–water partition coefficient (Wildman–Crippen LogP) is 15.3. The van der Waals surface area contributed by atoms with Gasteiger partial charge < -0.3 is 18.6 Å². The maximum Gasteiger partial charge on any atom is 0.197 e. The molecular weight excluding hydrogens is 737 g/mol. The van der Waals surface area contributed by atoms with Crippen molar-refractivity contribution >= 4 is 94.5 Å². The summed E-state index contributed by atoms with van der Waals surface area (Å²) >= 11 is 0. The van der Waals surface area contributed by atoms with E-state index in [0.29, 0.717) is 11.3 Å². The zero-order chi connectivity index (χ0) is 40.7. The second-order valence-corrected chi connectivity index (χ2v) is 17.2. The normalized spacial score (nSPS) is 14.8. The lowest BCUT2D eigenvalue weighted by molar-refractivity contribution is 0.630. The Balaban J connectivity index is 1.09. The highest BCUT2D eigenvalue weighted by Gasteiger charge is 2.40. The minimum atomic E-state index is -0.329. The molecule has 6 heteroatoms. The largest absolute Gasteiger partial charge is 0.456 e. The summed E-state index contributed by atoms with van der Waals surface area (Å²) in [5.41, 5.74) is 13.9. The van der Waals surface area contributed by atoms with Crippen molar-refractivity contribution in [3.63, 3.8) is 0 Å². The summed E-state index contributed by atoms with van der Waals surface area (Å²) in [4.78, 5) is 8.65. The predicted molar refractivity (Wildman–Crippen MR) is 243 cm³/mol. The van der Waals surface area contributed by atoms with E-state index in [4.69, 9.17) is 15.4 Å². The average molecular weight is 773 g/mol. The van der Waals surface area contributed by atoms with Crippen molar-refractivity contribution in [3.05, 3.63) is 185 Å². The quantitative estimate of drug-likeness (QED) is 0.164. The van der Waals surface area contributed by atoms with Gasteiger partial charge in [-0.3, -0.25) is 0 Å². The van der Waals surface area contributed by atoms with Crippen LogP contribution in [0.3, 0.4) is 0 Å². The number of fused-ring (bicyclic) bond motifs is 11. The fourth-order valence-corrected chi connectivity index (χ4v) is 10.2. The molecule has 0 atom stereocenters. The van der Waals surface area contributed by atoms with Gasteiger partial charge in [-0.25, -0.2) is 4.85 Å². The Labute approximate surface area is 346 Å². The van der Waals surface area contributed by atoms with E-state index < -0.39 is 0 Å². The standard InChI is InChI=1S/C54H36N4O2/c1-53(2)40-16-8-10-18-45(40)57(47-28-51-38(26-42(47)53)34-14-6-12-20-49(34)59-51)32-22-31(30-55)36-23-33(25-44(56-5)37(36)24-32)58-46-19-11-9-17-41(46)54(3,4)43-27-39-35-15-7-13-21-50(35)60-52(39)29-48(43)58/h6-29H,1-4H3. The molecule has 0 unspecified atom stereocenters. The van der Waals surface area contributed by atoms with Gasteiger partial charge in [0, 0.05) is 55.9 Å². The van der Waals surface area contributed by atoms with Crippen LogP contribution in [0, 0.1) is 17.9 Å². The zero-order valence-corrected chi connectivity index (χ0v) is 33.5. The van der Waals surface area contributed by atoms with Crippen LogP contribution in [-0.4, -0.2) is 0 Å². The van der Waals surface area contributed by atoms with E-state index in [9.17, 15) is 5.26 Å². The summed E-state index contributed by atoms with van der Waals surface area (Å²) < 4.78 is 12.9. The minimum absolute atomic E-state index is 0.329. The number of furan rings is 2. The second-order valence-electron chi connectivity index (χ2n) is 17.2. The topological polar surface area (TPSA) is 60.9 Å². The number of rotatable bonds is 2. The Bertz CT molecular complexity index is 3370. The lowest BCUT2D eigenvalue weighted by Gasteiger charge is -2.42. The Morgan fingerprint density at radius 1 is 0.467 bits per heavy atom. The van der Waals surface area contributed by atoms with Crippen LogP contribution in [0.15, 0.2) is 154 Å². The molecule has 284 valence electrons. The first-order chi connectivity index (χ1) is 29.1. The number of benzene rings is 8. The summed E-state index contributed by atoms with van der Waals surface area (Å²) in [5.74, 6) is 0. The fourth-order valence-electron chi connectivity index (χ4n) is 10.2. The van der Waals surface area contributed by atoms with Gasteiger partial charge in [-0.15, -0.1) is 0 Å². The third-order valence-corrected chi connectivity index (χ3v) is 13.2. The summed E-state index contributed by atoms with van der Waals surface area (Å²) in [6, 6.07) is 52.8. The van der Waals surface area contributed by atoms with Crippen LogP contribution in [0.1, 0.15) is 55.5 Å². The molecule has 6 nitrogen and oxygen atoms in total. The van der Waals surface area contributed by atoms with Gasteiger partial charge in [0.2, 0.25) is 0 Å².